The van der Waals surface area contributed by atoms with Crippen LogP contribution in [0.5, 0.6) is 5.75 Å². The molecular weight excluding hydrogens is 428 g/mol. The molecule has 34 heavy (non-hydrogen) atoms. The molecule has 174 valence electrons. The van der Waals surface area contributed by atoms with Crippen LogP contribution >= 0.6 is 0 Å². The number of aryl methyl sites for hydroxylation is 2. The average molecular weight is 457 g/mol. The topological polar surface area (TPSA) is 89.1 Å². The second-order valence-corrected chi connectivity index (χ2v) is 8.48. The lowest BCUT2D eigenvalue weighted by molar-refractivity contribution is 0.0336. The van der Waals surface area contributed by atoms with Gasteiger partial charge in [-0.05, 0) is 41.8 Å². The molecule has 0 atom stereocenters. The monoisotopic (exact) mass is 456 g/mol. The SMILES string of the molecule is Cc1cc(OCc2ccc(-c3ccccc3)c(-c3nn[nH]n3)c2)c(CN2CCOCC2)c(C)n1. The Morgan fingerprint density at radius 3 is 2.59 bits per heavy atom. The highest BCUT2D eigenvalue weighted by Gasteiger charge is 2.18. The van der Waals surface area contributed by atoms with Gasteiger partial charge in [-0.15, -0.1) is 10.2 Å². The number of hydrogen-bond acceptors (Lipinski definition) is 7. The fourth-order valence-electron chi connectivity index (χ4n) is 4.30. The molecule has 2 aromatic heterocycles. The van der Waals surface area contributed by atoms with Crippen LogP contribution in [0.15, 0.2) is 54.6 Å². The van der Waals surface area contributed by atoms with E-state index in [2.05, 4.69) is 67.8 Å². The van der Waals surface area contributed by atoms with Crippen LogP contribution in [0.25, 0.3) is 22.5 Å². The van der Waals surface area contributed by atoms with E-state index in [1.165, 1.54) is 0 Å². The largest absolute Gasteiger partial charge is 0.488 e. The minimum absolute atomic E-state index is 0.429. The van der Waals surface area contributed by atoms with Gasteiger partial charge in [-0.1, -0.05) is 42.5 Å². The molecule has 1 aliphatic heterocycles. The molecule has 0 bridgehead atoms. The van der Waals surface area contributed by atoms with E-state index in [4.69, 9.17) is 9.47 Å². The van der Waals surface area contributed by atoms with Gasteiger partial charge in [0.2, 0.25) is 5.82 Å². The number of morpholine rings is 1. The van der Waals surface area contributed by atoms with Crippen LogP contribution in [-0.4, -0.2) is 56.8 Å². The molecule has 4 aromatic rings. The van der Waals surface area contributed by atoms with Gasteiger partial charge in [0.1, 0.15) is 12.4 Å². The van der Waals surface area contributed by atoms with E-state index in [9.17, 15) is 0 Å². The lowest BCUT2D eigenvalue weighted by Gasteiger charge is -2.28. The molecule has 8 heteroatoms. The van der Waals surface area contributed by atoms with Crippen molar-refractivity contribution in [2.45, 2.75) is 27.0 Å². The van der Waals surface area contributed by atoms with Crippen molar-refractivity contribution in [2.75, 3.05) is 26.3 Å². The number of aromatic amines is 1. The number of H-pyrrole nitrogens is 1. The summed E-state index contributed by atoms with van der Waals surface area (Å²) in [6, 6.07) is 18.5. The molecule has 1 N–H and O–H groups in total. The van der Waals surface area contributed by atoms with Crippen LogP contribution in [0.4, 0.5) is 0 Å². The van der Waals surface area contributed by atoms with Crippen molar-refractivity contribution in [1.82, 2.24) is 30.5 Å². The van der Waals surface area contributed by atoms with Crippen LogP contribution in [0.2, 0.25) is 0 Å². The first-order valence-electron chi connectivity index (χ1n) is 11.5. The lowest BCUT2D eigenvalue weighted by atomic mass is 9.97. The van der Waals surface area contributed by atoms with Crippen molar-refractivity contribution >= 4 is 0 Å². The van der Waals surface area contributed by atoms with Gasteiger partial charge in [0.05, 0.1) is 13.2 Å². The predicted molar refractivity (Wildman–Crippen MR) is 129 cm³/mol. The molecule has 1 saturated heterocycles. The highest BCUT2D eigenvalue weighted by molar-refractivity contribution is 5.80. The first-order chi connectivity index (χ1) is 16.7. The fraction of sp³-hybridized carbons (Fsp3) is 0.308. The Bertz CT molecular complexity index is 1240. The molecule has 0 radical (unpaired) electrons. The highest BCUT2D eigenvalue weighted by atomic mass is 16.5. The van der Waals surface area contributed by atoms with Crippen LogP contribution < -0.4 is 4.74 Å². The van der Waals surface area contributed by atoms with Crippen molar-refractivity contribution in [1.29, 1.82) is 0 Å². The lowest BCUT2D eigenvalue weighted by Crippen LogP contribution is -2.36. The number of rotatable bonds is 7. The van der Waals surface area contributed by atoms with E-state index < -0.39 is 0 Å². The van der Waals surface area contributed by atoms with Gasteiger partial charge in [0, 0.05) is 48.2 Å². The van der Waals surface area contributed by atoms with E-state index in [1.54, 1.807) is 0 Å². The first-order valence-corrected chi connectivity index (χ1v) is 11.5. The zero-order chi connectivity index (χ0) is 23.3. The minimum Gasteiger partial charge on any atom is -0.488 e. The van der Waals surface area contributed by atoms with Crippen LogP contribution in [0, 0.1) is 13.8 Å². The van der Waals surface area contributed by atoms with Crippen LogP contribution in [-0.2, 0) is 17.9 Å². The van der Waals surface area contributed by atoms with Gasteiger partial charge in [-0.2, -0.15) is 5.21 Å². The maximum Gasteiger partial charge on any atom is 0.205 e. The van der Waals surface area contributed by atoms with Crippen molar-refractivity contribution in [3.63, 3.8) is 0 Å². The molecule has 5 rings (SSSR count). The maximum absolute atomic E-state index is 6.38. The number of benzene rings is 2. The van der Waals surface area contributed by atoms with E-state index in [-0.39, 0.29) is 0 Å². The Morgan fingerprint density at radius 1 is 1.00 bits per heavy atom. The van der Waals surface area contributed by atoms with E-state index in [0.717, 1.165) is 77.8 Å². The molecule has 0 aliphatic carbocycles. The number of nitrogens with one attached hydrogen (secondary N) is 1. The van der Waals surface area contributed by atoms with E-state index >= 15 is 0 Å². The predicted octanol–water partition coefficient (Wildman–Crippen LogP) is 3.96. The summed E-state index contributed by atoms with van der Waals surface area (Å²) in [6.45, 7) is 8.66. The third-order valence-corrected chi connectivity index (χ3v) is 6.05. The standard InChI is InChI=1S/C26H28N6O2/c1-18-14-25(24(19(2)27-18)16-32-10-12-33-13-11-32)34-17-20-8-9-22(21-6-4-3-5-7-21)23(15-20)26-28-30-31-29-26/h3-9,14-15H,10-13,16-17H2,1-2H3,(H,28,29,30,31). The molecular formula is C26H28N6O2. The molecule has 0 unspecified atom stereocenters. The smallest absolute Gasteiger partial charge is 0.205 e. The normalized spacial score (nSPS) is 14.3. The summed E-state index contributed by atoms with van der Waals surface area (Å²) in [5.41, 5.74) is 7.18. The zero-order valence-electron chi connectivity index (χ0n) is 19.5. The van der Waals surface area contributed by atoms with Gasteiger partial charge in [-0.3, -0.25) is 9.88 Å². The first kappa shape index (κ1) is 22.2. The number of tetrazole rings is 1. The molecule has 1 aliphatic rings. The van der Waals surface area contributed by atoms with Gasteiger partial charge >= 0.3 is 0 Å². The second kappa shape index (κ2) is 10.1. The Hall–Kier alpha value is -3.62. The minimum atomic E-state index is 0.429. The molecule has 1 fully saturated rings. The summed E-state index contributed by atoms with van der Waals surface area (Å²) in [6.07, 6.45) is 0. The summed E-state index contributed by atoms with van der Waals surface area (Å²) in [7, 11) is 0. The number of nitrogens with zero attached hydrogens (tertiary/aromatic N) is 5. The number of hydrogen-bond donors (Lipinski definition) is 1. The highest BCUT2D eigenvalue weighted by Crippen LogP contribution is 2.32. The molecule has 0 amide bonds. The summed E-state index contributed by atoms with van der Waals surface area (Å²) in [5.74, 6) is 1.44. The average Bonchev–Trinajstić information content (AvgIpc) is 3.41. The molecule has 0 spiro atoms. The molecule has 3 heterocycles. The number of pyridine rings is 1. The summed E-state index contributed by atoms with van der Waals surface area (Å²) in [5, 5.41) is 14.8. The number of ether oxygens (including phenoxy) is 2. The van der Waals surface area contributed by atoms with Crippen molar-refractivity contribution in [3.8, 4) is 28.3 Å². The van der Waals surface area contributed by atoms with Crippen LogP contribution in [0.3, 0.4) is 0 Å². The molecule has 8 nitrogen and oxygen atoms in total. The summed E-state index contributed by atoms with van der Waals surface area (Å²) in [4.78, 5) is 7.07. The quantitative estimate of drug-likeness (QED) is 0.450. The molecule has 2 aromatic carbocycles. The molecule has 0 saturated carbocycles. The van der Waals surface area contributed by atoms with Crippen molar-refractivity contribution in [2.24, 2.45) is 0 Å². The summed E-state index contributed by atoms with van der Waals surface area (Å²) >= 11 is 0. The third kappa shape index (κ3) is 4.98. The van der Waals surface area contributed by atoms with Crippen molar-refractivity contribution < 1.29 is 9.47 Å². The van der Waals surface area contributed by atoms with E-state index in [1.807, 2.05) is 31.2 Å². The Labute approximate surface area is 198 Å². The Morgan fingerprint density at radius 2 is 1.82 bits per heavy atom. The van der Waals surface area contributed by atoms with Gasteiger partial charge in [-0.25, -0.2) is 0 Å². The van der Waals surface area contributed by atoms with Gasteiger partial charge in [0.25, 0.3) is 0 Å². The summed E-state index contributed by atoms with van der Waals surface area (Å²) < 4.78 is 11.9. The third-order valence-electron chi connectivity index (χ3n) is 6.05. The maximum atomic E-state index is 6.38. The fourth-order valence-corrected chi connectivity index (χ4v) is 4.30. The van der Waals surface area contributed by atoms with Gasteiger partial charge < -0.3 is 9.47 Å². The van der Waals surface area contributed by atoms with Crippen LogP contribution in [0.1, 0.15) is 22.5 Å². The Kier molecular flexibility index (Phi) is 6.60. The van der Waals surface area contributed by atoms with Gasteiger partial charge in [0.15, 0.2) is 0 Å². The van der Waals surface area contributed by atoms with E-state index in [0.29, 0.717) is 12.4 Å². The number of aromatic nitrogens is 5. The zero-order valence-corrected chi connectivity index (χ0v) is 19.5. The van der Waals surface area contributed by atoms with Crippen molar-refractivity contribution in [3.05, 3.63) is 77.1 Å². The Balaban J connectivity index is 1.42. The second-order valence-electron chi connectivity index (χ2n) is 8.48.